The topological polar surface area (TPSA) is 40.5 Å². The summed E-state index contributed by atoms with van der Waals surface area (Å²) in [6.45, 7) is 2.57. The number of carboxylic acid groups (broad SMARTS) is 1. The van der Waals surface area contributed by atoms with Gasteiger partial charge in [-0.05, 0) is 30.4 Å². The minimum absolute atomic E-state index is 0.0289. The predicted molar refractivity (Wildman–Crippen MR) is 51.2 cm³/mol. The quantitative estimate of drug-likeness (QED) is 0.693. The fourth-order valence-electron chi connectivity index (χ4n) is 1.76. The van der Waals surface area contributed by atoms with Crippen LogP contribution in [0.2, 0.25) is 0 Å². The lowest BCUT2D eigenvalue weighted by atomic mass is 10.0. The van der Waals surface area contributed by atoms with Crippen molar-refractivity contribution in [1.29, 1.82) is 0 Å². The third kappa shape index (κ3) is 1.31. The van der Waals surface area contributed by atoms with E-state index in [0.29, 0.717) is 6.54 Å². The molecule has 0 aromatic carbocycles. The first kappa shape index (κ1) is 8.56. The fraction of sp³-hybridized carbons (Fsp3) is 0.444. The first-order valence-corrected chi connectivity index (χ1v) is 5.14. The van der Waals surface area contributed by atoms with Gasteiger partial charge in [0.1, 0.15) is 0 Å². The Morgan fingerprint density at radius 2 is 2.54 bits per heavy atom. The second-order valence-corrected chi connectivity index (χ2v) is 4.16. The van der Waals surface area contributed by atoms with Crippen molar-refractivity contribution in [3.63, 3.8) is 0 Å². The molecule has 2 rings (SSSR count). The molecule has 1 N–H and O–H groups in total. The lowest BCUT2D eigenvalue weighted by Gasteiger charge is -2.30. The third-order valence-corrected chi connectivity index (χ3v) is 3.62. The van der Waals surface area contributed by atoms with Gasteiger partial charge in [-0.15, -0.1) is 11.3 Å². The van der Waals surface area contributed by atoms with E-state index in [0.717, 1.165) is 6.42 Å². The minimum atomic E-state index is -0.813. The van der Waals surface area contributed by atoms with Gasteiger partial charge in [0.15, 0.2) is 0 Å². The van der Waals surface area contributed by atoms with Gasteiger partial charge in [-0.25, -0.2) is 4.79 Å². The SMILES string of the molecule is CC1c2sccc2CCN1C(=O)O. The number of rotatable bonds is 0. The van der Waals surface area contributed by atoms with Crippen LogP contribution in [0.4, 0.5) is 4.79 Å². The van der Waals surface area contributed by atoms with E-state index >= 15 is 0 Å². The highest BCUT2D eigenvalue weighted by Crippen LogP contribution is 2.33. The normalized spacial score (nSPS) is 21.3. The van der Waals surface area contributed by atoms with E-state index < -0.39 is 6.09 Å². The average molecular weight is 197 g/mol. The molecule has 1 atom stereocenters. The Balaban J connectivity index is 2.32. The summed E-state index contributed by atoms with van der Waals surface area (Å²) in [5, 5.41) is 10.9. The second kappa shape index (κ2) is 3.03. The molecule has 0 saturated heterocycles. The largest absolute Gasteiger partial charge is 0.465 e. The van der Waals surface area contributed by atoms with Crippen LogP contribution in [0.25, 0.3) is 0 Å². The van der Waals surface area contributed by atoms with E-state index in [9.17, 15) is 4.79 Å². The summed E-state index contributed by atoms with van der Waals surface area (Å²) in [5.74, 6) is 0. The molecule has 1 amide bonds. The van der Waals surface area contributed by atoms with Crippen LogP contribution in [0.5, 0.6) is 0 Å². The monoisotopic (exact) mass is 197 g/mol. The van der Waals surface area contributed by atoms with E-state index in [1.54, 1.807) is 11.3 Å². The zero-order chi connectivity index (χ0) is 9.42. The average Bonchev–Trinajstić information content (AvgIpc) is 2.52. The molecular weight excluding hydrogens is 186 g/mol. The summed E-state index contributed by atoms with van der Waals surface area (Å²) in [6.07, 6.45) is 0.0432. The molecule has 1 aliphatic heterocycles. The molecule has 0 aliphatic carbocycles. The van der Waals surface area contributed by atoms with Gasteiger partial charge in [0.25, 0.3) is 0 Å². The maximum atomic E-state index is 10.8. The van der Waals surface area contributed by atoms with Crippen molar-refractivity contribution in [2.45, 2.75) is 19.4 Å². The Morgan fingerprint density at radius 3 is 3.23 bits per heavy atom. The number of nitrogens with zero attached hydrogens (tertiary/aromatic N) is 1. The Bertz CT molecular complexity index is 334. The van der Waals surface area contributed by atoms with Gasteiger partial charge in [0, 0.05) is 11.4 Å². The van der Waals surface area contributed by atoms with Gasteiger partial charge >= 0.3 is 6.09 Å². The van der Waals surface area contributed by atoms with Crippen LogP contribution in [0, 0.1) is 0 Å². The molecule has 4 heteroatoms. The van der Waals surface area contributed by atoms with Gasteiger partial charge in [0.2, 0.25) is 0 Å². The summed E-state index contributed by atoms with van der Waals surface area (Å²) in [6, 6.07) is 2.12. The zero-order valence-electron chi connectivity index (χ0n) is 7.36. The lowest BCUT2D eigenvalue weighted by Crippen LogP contribution is -2.36. The zero-order valence-corrected chi connectivity index (χ0v) is 8.17. The number of thiophene rings is 1. The van der Waals surface area contributed by atoms with Crippen molar-refractivity contribution in [2.24, 2.45) is 0 Å². The van der Waals surface area contributed by atoms with Crippen molar-refractivity contribution in [3.8, 4) is 0 Å². The predicted octanol–water partition coefficient (Wildman–Crippen LogP) is 2.35. The van der Waals surface area contributed by atoms with Crippen LogP contribution in [0.3, 0.4) is 0 Å². The van der Waals surface area contributed by atoms with Gasteiger partial charge in [-0.3, -0.25) is 0 Å². The van der Waals surface area contributed by atoms with Crippen LogP contribution in [0.1, 0.15) is 23.4 Å². The first-order valence-electron chi connectivity index (χ1n) is 4.26. The summed E-state index contributed by atoms with van der Waals surface area (Å²) < 4.78 is 0. The Labute approximate surface area is 80.6 Å². The van der Waals surface area contributed by atoms with E-state index in [1.807, 2.05) is 12.3 Å². The molecule has 1 aromatic heterocycles. The molecule has 13 heavy (non-hydrogen) atoms. The van der Waals surface area contributed by atoms with Crippen molar-refractivity contribution >= 4 is 17.4 Å². The maximum Gasteiger partial charge on any atom is 0.407 e. The molecule has 0 radical (unpaired) electrons. The van der Waals surface area contributed by atoms with Gasteiger partial charge in [-0.1, -0.05) is 0 Å². The number of carbonyl (C=O) groups is 1. The standard InChI is InChI=1S/C9H11NO2S/c1-6-8-7(3-5-13-8)2-4-10(6)9(11)12/h3,5-6H,2,4H2,1H3,(H,11,12). The second-order valence-electron chi connectivity index (χ2n) is 3.21. The lowest BCUT2D eigenvalue weighted by molar-refractivity contribution is 0.125. The highest BCUT2D eigenvalue weighted by atomic mass is 32.1. The van der Waals surface area contributed by atoms with Gasteiger partial charge in [0.05, 0.1) is 6.04 Å². The molecular formula is C9H11NO2S. The van der Waals surface area contributed by atoms with E-state index in [1.165, 1.54) is 15.3 Å². The van der Waals surface area contributed by atoms with Crippen molar-refractivity contribution in [1.82, 2.24) is 4.90 Å². The molecule has 1 aromatic rings. The van der Waals surface area contributed by atoms with E-state index in [-0.39, 0.29) is 6.04 Å². The molecule has 3 nitrogen and oxygen atoms in total. The smallest absolute Gasteiger partial charge is 0.407 e. The highest BCUT2D eigenvalue weighted by molar-refractivity contribution is 7.10. The van der Waals surface area contributed by atoms with Crippen LogP contribution in [0.15, 0.2) is 11.4 Å². The Kier molecular flexibility index (Phi) is 2.00. The third-order valence-electron chi connectivity index (χ3n) is 2.50. The molecule has 1 unspecified atom stereocenters. The number of hydrogen-bond acceptors (Lipinski definition) is 2. The fourth-order valence-corrected chi connectivity index (χ4v) is 2.78. The molecule has 0 bridgehead atoms. The molecule has 2 heterocycles. The van der Waals surface area contributed by atoms with Crippen molar-refractivity contribution < 1.29 is 9.90 Å². The molecule has 1 aliphatic rings. The van der Waals surface area contributed by atoms with Crippen LogP contribution < -0.4 is 0 Å². The van der Waals surface area contributed by atoms with Crippen LogP contribution in [-0.4, -0.2) is 22.6 Å². The maximum absolute atomic E-state index is 10.8. The molecule has 70 valence electrons. The Morgan fingerprint density at radius 1 is 1.77 bits per heavy atom. The summed E-state index contributed by atoms with van der Waals surface area (Å²) in [5.41, 5.74) is 1.31. The number of hydrogen-bond donors (Lipinski definition) is 1. The minimum Gasteiger partial charge on any atom is -0.465 e. The summed E-state index contributed by atoms with van der Waals surface area (Å²) in [4.78, 5) is 13.5. The number of amides is 1. The summed E-state index contributed by atoms with van der Waals surface area (Å²) >= 11 is 1.65. The molecule has 0 saturated carbocycles. The first-order chi connectivity index (χ1) is 6.20. The molecule has 0 spiro atoms. The van der Waals surface area contributed by atoms with Gasteiger partial charge < -0.3 is 10.0 Å². The van der Waals surface area contributed by atoms with Crippen molar-refractivity contribution in [2.75, 3.05) is 6.54 Å². The number of fused-ring (bicyclic) bond motifs is 1. The summed E-state index contributed by atoms with van der Waals surface area (Å²) in [7, 11) is 0. The van der Waals surface area contributed by atoms with Crippen LogP contribution in [-0.2, 0) is 6.42 Å². The molecule has 0 fully saturated rings. The van der Waals surface area contributed by atoms with Crippen LogP contribution >= 0.6 is 11.3 Å². The Hall–Kier alpha value is -1.03. The highest BCUT2D eigenvalue weighted by Gasteiger charge is 2.27. The van der Waals surface area contributed by atoms with E-state index in [4.69, 9.17) is 5.11 Å². The van der Waals surface area contributed by atoms with Crippen molar-refractivity contribution in [3.05, 3.63) is 21.9 Å². The van der Waals surface area contributed by atoms with E-state index in [2.05, 4.69) is 6.07 Å². The van der Waals surface area contributed by atoms with Gasteiger partial charge in [-0.2, -0.15) is 0 Å².